The van der Waals surface area contributed by atoms with Crippen molar-refractivity contribution in [3.8, 4) is 12.3 Å². The smallest absolute Gasteiger partial charge is 0.314 e. The first-order valence-electron chi connectivity index (χ1n) is 6.87. The molecule has 20 heavy (non-hydrogen) atoms. The summed E-state index contributed by atoms with van der Waals surface area (Å²) in [5.41, 5.74) is -0.784. The largest absolute Gasteiger partial charge is 0.481 e. The van der Waals surface area contributed by atoms with Gasteiger partial charge in [-0.3, -0.25) is 4.79 Å². The van der Waals surface area contributed by atoms with Crippen molar-refractivity contribution < 1.29 is 14.7 Å². The number of carboxylic acids is 1. The second kappa shape index (κ2) is 8.75. The minimum atomic E-state index is -0.804. The minimum absolute atomic E-state index is 0.200. The van der Waals surface area contributed by atoms with Gasteiger partial charge in [-0.1, -0.05) is 25.2 Å². The van der Waals surface area contributed by atoms with Gasteiger partial charge in [-0.15, -0.1) is 18.2 Å². The second-order valence-electron chi connectivity index (χ2n) is 5.01. The van der Waals surface area contributed by atoms with Crippen LogP contribution in [0.5, 0.6) is 0 Å². The number of amides is 2. The van der Waals surface area contributed by atoms with E-state index < -0.39 is 11.4 Å². The molecule has 112 valence electrons. The number of carbonyl (C=O) groups excluding carboxylic acids is 1. The molecular formula is C14H22N2O3S. The molecular weight excluding hydrogens is 276 g/mol. The van der Waals surface area contributed by atoms with E-state index in [1.165, 1.54) is 0 Å². The van der Waals surface area contributed by atoms with Crippen LogP contribution in [0.1, 0.15) is 32.1 Å². The Morgan fingerprint density at radius 3 is 2.55 bits per heavy atom. The maximum absolute atomic E-state index is 11.6. The predicted octanol–water partition coefficient (Wildman–Crippen LogP) is 1.69. The quantitative estimate of drug-likeness (QED) is 0.494. The van der Waals surface area contributed by atoms with Crippen molar-refractivity contribution in [2.24, 2.45) is 5.41 Å². The molecule has 0 radical (unpaired) electrons. The normalized spacial score (nSPS) is 16.9. The van der Waals surface area contributed by atoms with Crippen LogP contribution in [0.15, 0.2) is 0 Å². The first kappa shape index (κ1) is 16.7. The van der Waals surface area contributed by atoms with Crippen molar-refractivity contribution >= 4 is 23.8 Å². The SMILES string of the molecule is C#CCSCCNC(=O)NCC1(C(=O)O)CCCCC1. The van der Waals surface area contributed by atoms with Gasteiger partial charge in [0.15, 0.2) is 0 Å². The van der Waals surface area contributed by atoms with Crippen LogP contribution in [-0.2, 0) is 4.79 Å². The molecule has 0 unspecified atom stereocenters. The molecule has 1 fully saturated rings. The summed E-state index contributed by atoms with van der Waals surface area (Å²) in [6, 6.07) is -0.308. The van der Waals surface area contributed by atoms with Gasteiger partial charge in [0, 0.05) is 18.8 Å². The summed E-state index contributed by atoms with van der Waals surface area (Å²) in [4.78, 5) is 23.0. The molecule has 0 bridgehead atoms. The second-order valence-corrected chi connectivity index (χ2v) is 6.12. The summed E-state index contributed by atoms with van der Waals surface area (Å²) in [6.45, 7) is 0.726. The fraction of sp³-hybridized carbons (Fsp3) is 0.714. The average Bonchev–Trinajstić information content (AvgIpc) is 2.46. The summed E-state index contributed by atoms with van der Waals surface area (Å²) in [5.74, 6) is 3.09. The van der Waals surface area contributed by atoms with Crippen LogP contribution in [0.25, 0.3) is 0 Å². The lowest BCUT2D eigenvalue weighted by molar-refractivity contribution is -0.150. The van der Waals surface area contributed by atoms with Crippen LogP contribution in [0.2, 0.25) is 0 Å². The van der Waals surface area contributed by atoms with Crippen molar-refractivity contribution in [2.45, 2.75) is 32.1 Å². The number of hydrogen-bond acceptors (Lipinski definition) is 3. The van der Waals surface area contributed by atoms with E-state index in [-0.39, 0.29) is 12.6 Å². The molecule has 1 saturated carbocycles. The maximum Gasteiger partial charge on any atom is 0.314 e. The highest BCUT2D eigenvalue weighted by molar-refractivity contribution is 7.99. The zero-order chi connectivity index (χ0) is 14.8. The average molecular weight is 298 g/mol. The molecule has 1 rings (SSSR count). The topological polar surface area (TPSA) is 78.4 Å². The standard InChI is InChI=1S/C14H22N2O3S/c1-2-9-20-10-8-15-13(19)16-11-14(12(17)18)6-4-3-5-7-14/h1H,3-11H2,(H,17,18)(H2,15,16,19). The third-order valence-corrected chi connectivity index (χ3v) is 4.43. The van der Waals surface area contributed by atoms with Crippen molar-refractivity contribution in [2.75, 3.05) is 24.6 Å². The van der Waals surface area contributed by atoms with Gasteiger partial charge in [-0.25, -0.2) is 4.79 Å². The Kier molecular flexibility index (Phi) is 7.31. The van der Waals surface area contributed by atoms with E-state index in [4.69, 9.17) is 6.42 Å². The number of thioether (sulfide) groups is 1. The van der Waals surface area contributed by atoms with Crippen LogP contribution in [-0.4, -0.2) is 41.7 Å². The molecule has 0 aliphatic heterocycles. The maximum atomic E-state index is 11.6. The van der Waals surface area contributed by atoms with E-state index >= 15 is 0 Å². The van der Waals surface area contributed by atoms with Crippen molar-refractivity contribution in [3.05, 3.63) is 0 Å². The molecule has 0 aromatic rings. The highest BCUT2D eigenvalue weighted by atomic mass is 32.2. The first-order valence-corrected chi connectivity index (χ1v) is 8.02. The lowest BCUT2D eigenvalue weighted by Gasteiger charge is -2.33. The number of aliphatic carboxylic acids is 1. The van der Waals surface area contributed by atoms with Gasteiger partial charge in [0.1, 0.15) is 0 Å². The Balaban J connectivity index is 2.27. The van der Waals surface area contributed by atoms with Gasteiger partial charge in [-0.05, 0) is 12.8 Å². The van der Waals surface area contributed by atoms with Crippen LogP contribution >= 0.6 is 11.8 Å². The number of terminal acetylenes is 1. The van der Waals surface area contributed by atoms with Crippen LogP contribution in [0, 0.1) is 17.8 Å². The number of hydrogen-bond donors (Lipinski definition) is 3. The summed E-state index contributed by atoms with van der Waals surface area (Å²) >= 11 is 1.57. The molecule has 1 aliphatic rings. The molecule has 3 N–H and O–H groups in total. The fourth-order valence-electron chi connectivity index (χ4n) is 2.37. The van der Waals surface area contributed by atoms with Gasteiger partial charge >= 0.3 is 12.0 Å². The number of nitrogens with one attached hydrogen (secondary N) is 2. The Hall–Kier alpha value is -1.35. The van der Waals surface area contributed by atoms with E-state index in [1.807, 2.05) is 0 Å². The summed E-state index contributed by atoms with van der Waals surface area (Å²) < 4.78 is 0. The van der Waals surface area contributed by atoms with Crippen LogP contribution in [0.4, 0.5) is 4.79 Å². The van der Waals surface area contributed by atoms with Gasteiger partial charge in [-0.2, -0.15) is 0 Å². The zero-order valence-electron chi connectivity index (χ0n) is 11.6. The molecule has 0 aromatic carbocycles. The molecule has 0 aromatic heterocycles. The fourth-order valence-corrected chi connectivity index (χ4v) is 2.88. The van der Waals surface area contributed by atoms with E-state index in [0.717, 1.165) is 25.0 Å². The van der Waals surface area contributed by atoms with E-state index in [1.54, 1.807) is 11.8 Å². The van der Waals surface area contributed by atoms with Gasteiger partial charge < -0.3 is 15.7 Å². The van der Waals surface area contributed by atoms with Gasteiger partial charge in [0.05, 0.1) is 11.2 Å². The first-order chi connectivity index (χ1) is 9.60. The van der Waals surface area contributed by atoms with Crippen LogP contribution in [0.3, 0.4) is 0 Å². The van der Waals surface area contributed by atoms with Crippen LogP contribution < -0.4 is 10.6 Å². The molecule has 0 saturated heterocycles. The Bertz CT molecular complexity index is 373. The number of urea groups is 1. The molecule has 0 spiro atoms. The molecule has 0 atom stereocenters. The predicted molar refractivity (Wildman–Crippen MR) is 80.7 cm³/mol. The zero-order valence-corrected chi connectivity index (χ0v) is 12.4. The molecule has 0 heterocycles. The third kappa shape index (κ3) is 5.33. The Labute approximate surface area is 124 Å². The van der Waals surface area contributed by atoms with Gasteiger partial charge in [0.2, 0.25) is 0 Å². The highest BCUT2D eigenvalue weighted by Crippen LogP contribution is 2.35. The van der Waals surface area contributed by atoms with E-state index in [0.29, 0.717) is 25.1 Å². The number of carboxylic acid groups (broad SMARTS) is 1. The Morgan fingerprint density at radius 1 is 1.25 bits per heavy atom. The summed E-state index contributed by atoms with van der Waals surface area (Å²) in [5, 5.41) is 14.8. The van der Waals surface area contributed by atoms with E-state index in [2.05, 4.69) is 16.6 Å². The van der Waals surface area contributed by atoms with Crippen molar-refractivity contribution in [1.29, 1.82) is 0 Å². The highest BCUT2D eigenvalue weighted by Gasteiger charge is 2.39. The summed E-state index contributed by atoms with van der Waals surface area (Å²) in [6.07, 6.45) is 9.30. The summed E-state index contributed by atoms with van der Waals surface area (Å²) in [7, 11) is 0. The Morgan fingerprint density at radius 2 is 1.95 bits per heavy atom. The molecule has 2 amide bonds. The molecule has 5 nitrogen and oxygen atoms in total. The molecule has 6 heteroatoms. The number of rotatable bonds is 7. The lowest BCUT2D eigenvalue weighted by atomic mass is 9.74. The van der Waals surface area contributed by atoms with E-state index in [9.17, 15) is 14.7 Å². The monoisotopic (exact) mass is 298 g/mol. The van der Waals surface area contributed by atoms with Crippen molar-refractivity contribution in [3.63, 3.8) is 0 Å². The molecule has 1 aliphatic carbocycles. The third-order valence-electron chi connectivity index (χ3n) is 3.57. The lowest BCUT2D eigenvalue weighted by Crippen LogP contribution is -2.47. The van der Waals surface area contributed by atoms with Crippen molar-refractivity contribution in [1.82, 2.24) is 10.6 Å². The minimum Gasteiger partial charge on any atom is -0.481 e. The number of carbonyl (C=O) groups is 2. The van der Waals surface area contributed by atoms with Gasteiger partial charge in [0.25, 0.3) is 0 Å².